The SMILES string of the molecule is O=S(=O)(c1ccc(Cl)cc1Cl)N1CCN(c2nc(Cc3ccc(Cl)c(Cl)c3)cs2)CC1. The molecular weight excluding hydrogens is 520 g/mol. The summed E-state index contributed by atoms with van der Waals surface area (Å²) in [7, 11) is -3.68. The summed E-state index contributed by atoms with van der Waals surface area (Å²) in [4.78, 5) is 6.89. The molecule has 1 aromatic heterocycles. The second kappa shape index (κ2) is 9.43. The normalized spacial score (nSPS) is 15.4. The van der Waals surface area contributed by atoms with E-state index in [0.29, 0.717) is 47.7 Å². The lowest BCUT2D eigenvalue weighted by Gasteiger charge is -2.33. The van der Waals surface area contributed by atoms with Crippen molar-refractivity contribution in [3.05, 3.63) is 73.1 Å². The average molecular weight is 537 g/mol. The van der Waals surface area contributed by atoms with Crippen molar-refractivity contribution in [3.63, 3.8) is 0 Å². The van der Waals surface area contributed by atoms with Crippen LogP contribution >= 0.6 is 57.7 Å². The van der Waals surface area contributed by atoms with Gasteiger partial charge in [0.25, 0.3) is 0 Å². The molecule has 1 aliphatic rings. The molecule has 2 aromatic carbocycles. The monoisotopic (exact) mass is 535 g/mol. The lowest BCUT2D eigenvalue weighted by Crippen LogP contribution is -2.48. The van der Waals surface area contributed by atoms with Gasteiger partial charge in [-0.1, -0.05) is 52.5 Å². The Balaban J connectivity index is 1.41. The van der Waals surface area contributed by atoms with Crippen molar-refractivity contribution in [1.29, 1.82) is 0 Å². The van der Waals surface area contributed by atoms with E-state index in [1.165, 1.54) is 22.5 Å². The minimum atomic E-state index is -3.68. The predicted molar refractivity (Wildman–Crippen MR) is 129 cm³/mol. The highest BCUT2D eigenvalue weighted by Gasteiger charge is 2.31. The van der Waals surface area contributed by atoms with Gasteiger partial charge >= 0.3 is 0 Å². The number of hydrogen-bond donors (Lipinski definition) is 0. The molecule has 164 valence electrons. The zero-order valence-corrected chi connectivity index (χ0v) is 20.7. The Morgan fingerprint density at radius 3 is 2.32 bits per heavy atom. The van der Waals surface area contributed by atoms with E-state index < -0.39 is 10.0 Å². The highest BCUT2D eigenvalue weighted by atomic mass is 35.5. The molecule has 0 bridgehead atoms. The van der Waals surface area contributed by atoms with Gasteiger partial charge in [0.05, 0.1) is 20.8 Å². The Kier molecular flexibility index (Phi) is 7.03. The van der Waals surface area contributed by atoms with Crippen LogP contribution in [0.4, 0.5) is 5.13 Å². The second-order valence-corrected chi connectivity index (χ2v) is 11.4. The molecule has 1 fully saturated rings. The molecule has 0 aliphatic carbocycles. The van der Waals surface area contributed by atoms with Gasteiger partial charge in [0, 0.05) is 43.0 Å². The van der Waals surface area contributed by atoms with Gasteiger partial charge < -0.3 is 4.90 Å². The largest absolute Gasteiger partial charge is 0.345 e. The molecule has 1 saturated heterocycles. The summed E-state index contributed by atoms with van der Waals surface area (Å²) in [5, 5.41) is 4.45. The fourth-order valence-electron chi connectivity index (χ4n) is 3.32. The van der Waals surface area contributed by atoms with E-state index in [2.05, 4.69) is 4.90 Å². The summed E-state index contributed by atoms with van der Waals surface area (Å²) in [5.41, 5.74) is 1.96. The summed E-state index contributed by atoms with van der Waals surface area (Å²) in [6, 6.07) is 9.97. The van der Waals surface area contributed by atoms with Gasteiger partial charge in [0.2, 0.25) is 10.0 Å². The molecule has 3 aromatic rings. The van der Waals surface area contributed by atoms with Crippen molar-refractivity contribution < 1.29 is 8.42 Å². The highest BCUT2D eigenvalue weighted by Crippen LogP contribution is 2.30. The number of sulfonamides is 1. The maximum absolute atomic E-state index is 13.0. The van der Waals surface area contributed by atoms with Gasteiger partial charge in [-0.25, -0.2) is 13.4 Å². The van der Waals surface area contributed by atoms with E-state index in [4.69, 9.17) is 51.4 Å². The van der Waals surface area contributed by atoms with E-state index in [1.807, 2.05) is 17.5 Å². The van der Waals surface area contributed by atoms with E-state index in [9.17, 15) is 8.42 Å². The van der Waals surface area contributed by atoms with Gasteiger partial charge in [-0.2, -0.15) is 4.31 Å². The van der Waals surface area contributed by atoms with Crippen LogP contribution in [0.2, 0.25) is 20.1 Å². The predicted octanol–water partition coefficient (Wildman–Crippen LogP) is 5.86. The van der Waals surface area contributed by atoms with Crippen molar-refractivity contribution >= 4 is 72.9 Å². The highest BCUT2D eigenvalue weighted by molar-refractivity contribution is 7.89. The second-order valence-electron chi connectivity index (χ2n) is 7.01. The Morgan fingerprint density at radius 1 is 0.903 bits per heavy atom. The van der Waals surface area contributed by atoms with Crippen LogP contribution in [0.3, 0.4) is 0 Å². The zero-order valence-electron chi connectivity index (χ0n) is 16.1. The number of thiazole rings is 1. The first-order valence-electron chi connectivity index (χ1n) is 9.32. The van der Waals surface area contributed by atoms with Crippen LogP contribution in [-0.4, -0.2) is 43.9 Å². The first-order chi connectivity index (χ1) is 14.7. The smallest absolute Gasteiger partial charge is 0.244 e. The quantitative estimate of drug-likeness (QED) is 0.410. The average Bonchev–Trinajstić information content (AvgIpc) is 3.19. The van der Waals surface area contributed by atoms with Gasteiger partial charge in [-0.05, 0) is 35.9 Å². The molecular formula is C20H17Cl4N3O2S2. The molecule has 0 atom stereocenters. The van der Waals surface area contributed by atoms with Crippen LogP contribution in [0, 0.1) is 0 Å². The van der Waals surface area contributed by atoms with E-state index in [0.717, 1.165) is 16.4 Å². The number of anilines is 1. The van der Waals surface area contributed by atoms with Gasteiger partial charge in [0.15, 0.2) is 5.13 Å². The standard InChI is InChI=1S/C20H17Cl4N3O2S2/c21-14-2-4-19(18(24)11-14)31(28,29)27-7-5-26(6-8-27)20-25-15(12-30-20)9-13-1-3-16(22)17(23)10-13/h1-4,10-12H,5-9H2. The van der Waals surface area contributed by atoms with Gasteiger partial charge in [0.1, 0.15) is 4.90 Å². The molecule has 1 aliphatic heterocycles. The maximum atomic E-state index is 13.0. The molecule has 0 spiro atoms. The molecule has 0 N–H and O–H groups in total. The van der Waals surface area contributed by atoms with Crippen LogP contribution in [0.5, 0.6) is 0 Å². The van der Waals surface area contributed by atoms with E-state index in [-0.39, 0.29) is 9.92 Å². The van der Waals surface area contributed by atoms with Crippen molar-refractivity contribution in [2.75, 3.05) is 31.1 Å². The van der Waals surface area contributed by atoms with Crippen LogP contribution < -0.4 is 4.90 Å². The van der Waals surface area contributed by atoms with Crippen molar-refractivity contribution in [3.8, 4) is 0 Å². The molecule has 0 unspecified atom stereocenters. The number of benzene rings is 2. The topological polar surface area (TPSA) is 53.5 Å². The molecule has 4 rings (SSSR count). The third-order valence-electron chi connectivity index (χ3n) is 4.93. The first-order valence-corrected chi connectivity index (χ1v) is 13.2. The summed E-state index contributed by atoms with van der Waals surface area (Å²) in [6.45, 7) is 1.79. The van der Waals surface area contributed by atoms with Crippen molar-refractivity contribution in [2.24, 2.45) is 0 Å². The Hall–Kier alpha value is -1.06. The number of halogens is 4. The molecule has 31 heavy (non-hydrogen) atoms. The maximum Gasteiger partial charge on any atom is 0.244 e. The molecule has 2 heterocycles. The summed E-state index contributed by atoms with van der Waals surface area (Å²) in [6.07, 6.45) is 0.650. The van der Waals surface area contributed by atoms with Gasteiger partial charge in [-0.3, -0.25) is 0 Å². The Morgan fingerprint density at radius 2 is 1.65 bits per heavy atom. The number of hydrogen-bond acceptors (Lipinski definition) is 5. The lowest BCUT2D eigenvalue weighted by molar-refractivity contribution is 0.384. The number of nitrogens with zero attached hydrogens (tertiary/aromatic N) is 3. The molecule has 0 saturated carbocycles. The third kappa shape index (κ3) is 5.14. The third-order valence-corrected chi connectivity index (χ3v) is 9.24. The summed E-state index contributed by atoms with van der Waals surface area (Å²) >= 11 is 25.6. The number of rotatable bonds is 5. The van der Waals surface area contributed by atoms with Crippen LogP contribution in [0.25, 0.3) is 0 Å². The molecule has 11 heteroatoms. The number of aromatic nitrogens is 1. The van der Waals surface area contributed by atoms with Crippen LogP contribution in [-0.2, 0) is 16.4 Å². The van der Waals surface area contributed by atoms with Crippen molar-refractivity contribution in [2.45, 2.75) is 11.3 Å². The number of piperazine rings is 1. The summed E-state index contributed by atoms with van der Waals surface area (Å²) in [5.74, 6) is 0. The van der Waals surface area contributed by atoms with E-state index in [1.54, 1.807) is 17.4 Å². The minimum Gasteiger partial charge on any atom is -0.345 e. The van der Waals surface area contributed by atoms with Crippen LogP contribution in [0.1, 0.15) is 11.3 Å². The van der Waals surface area contributed by atoms with Crippen molar-refractivity contribution in [1.82, 2.24) is 9.29 Å². The summed E-state index contributed by atoms with van der Waals surface area (Å²) < 4.78 is 27.4. The lowest BCUT2D eigenvalue weighted by atomic mass is 10.1. The molecule has 5 nitrogen and oxygen atoms in total. The fraction of sp³-hybridized carbons (Fsp3) is 0.250. The first kappa shape index (κ1) is 23.1. The van der Waals surface area contributed by atoms with Gasteiger partial charge in [-0.15, -0.1) is 11.3 Å². The Labute approximate surface area is 205 Å². The fourth-order valence-corrected chi connectivity index (χ4v) is 6.69. The minimum absolute atomic E-state index is 0.0742. The zero-order chi connectivity index (χ0) is 22.2. The Bertz CT molecular complexity index is 1210. The van der Waals surface area contributed by atoms with Crippen LogP contribution in [0.15, 0.2) is 46.7 Å². The van der Waals surface area contributed by atoms with E-state index >= 15 is 0 Å². The molecule has 0 amide bonds. The molecule has 0 radical (unpaired) electrons.